The number of sulfonamides is 1. The lowest BCUT2D eigenvalue weighted by Crippen LogP contribution is -2.10. The zero-order valence-corrected chi connectivity index (χ0v) is 9.48. The molecule has 0 aliphatic rings. The van der Waals surface area contributed by atoms with E-state index in [1.165, 1.54) is 5.56 Å². The molecule has 0 bridgehead atoms. The quantitative estimate of drug-likeness (QED) is 0.834. The van der Waals surface area contributed by atoms with Gasteiger partial charge in [0.05, 0.1) is 11.9 Å². The lowest BCUT2D eigenvalue weighted by Gasteiger charge is -2.08. The summed E-state index contributed by atoms with van der Waals surface area (Å²) in [6.07, 6.45) is 2.11. The molecule has 0 atom stereocenters. The maximum atomic E-state index is 11.0. The number of rotatable bonds is 3. The van der Waals surface area contributed by atoms with Gasteiger partial charge >= 0.3 is 0 Å². The fourth-order valence-corrected chi connectivity index (χ4v) is 1.89. The van der Waals surface area contributed by atoms with E-state index in [9.17, 15) is 8.42 Å². The molecule has 0 aromatic heterocycles. The maximum absolute atomic E-state index is 11.0. The molecule has 0 aliphatic heterocycles. The van der Waals surface area contributed by atoms with Crippen LogP contribution in [0.2, 0.25) is 0 Å². The van der Waals surface area contributed by atoms with Crippen LogP contribution in [-0.2, 0) is 16.4 Å². The summed E-state index contributed by atoms with van der Waals surface area (Å²) in [5.41, 5.74) is 2.82. The van der Waals surface area contributed by atoms with Crippen LogP contribution in [0.5, 0.6) is 0 Å². The van der Waals surface area contributed by atoms with E-state index in [1.54, 1.807) is 6.07 Å². The highest BCUT2D eigenvalue weighted by atomic mass is 32.2. The molecule has 0 amide bonds. The van der Waals surface area contributed by atoms with Gasteiger partial charge in [0.1, 0.15) is 0 Å². The normalized spacial score (nSPS) is 11.4. The first-order chi connectivity index (χ1) is 6.42. The number of anilines is 1. The summed E-state index contributed by atoms with van der Waals surface area (Å²) in [4.78, 5) is 0. The summed E-state index contributed by atoms with van der Waals surface area (Å²) < 4.78 is 24.5. The highest BCUT2D eigenvalue weighted by molar-refractivity contribution is 7.92. The predicted octanol–water partition coefficient (Wildman–Crippen LogP) is 1.93. The van der Waals surface area contributed by atoms with E-state index in [0.717, 1.165) is 18.2 Å². The summed E-state index contributed by atoms with van der Waals surface area (Å²) in [5.74, 6) is 0. The molecule has 0 aliphatic carbocycles. The Hall–Kier alpha value is -1.03. The first-order valence-electron chi connectivity index (χ1n) is 4.49. The van der Waals surface area contributed by atoms with Crippen LogP contribution < -0.4 is 4.72 Å². The Balaban J connectivity index is 3.01. The zero-order valence-electron chi connectivity index (χ0n) is 8.66. The Morgan fingerprint density at radius 1 is 1.36 bits per heavy atom. The Morgan fingerprint density at radius 3 is 2.43 bits per heavy atom. The van der Waals surface area contributed by atoms with Crippen LogP contribution >= 0.6 is 0 Å². The summed E-state index contributed by atoms with van der Waals surface area (Å²) in [7, 11) is -3.17. The summed E-state index contributed by atoms with van der Waals surface area (Å²) >= 11 is 0. The minimum atomic E-state index is -3.17. The first kappa shape index (κ1) is 11.0. The molecule has 0 radical (unpaired) electrons. The zero-order chi connectivity index (χ0) is 10.8. The third kappa shape index (κ3) is 3.03. The number of aryl methyl sites for hydroxylation is 2. The Kier molecular flexibility index (Phi) is 3.16. The second-order valence-corrected chi connectivity index (χ2v) is 5.13. The van der Waals surface area contributed by atoms with Crippen LogP contribution in [0, 0.1) is 6.92 Å². The van der Waals surface area contributed by atoms with Gasteiger partial charge in [0.25, 0.3) is 0 Å². The van der Waals surface area contributed by atoms with Crippen LogP contribution in [0.3, 0.4) is 0 Å². The molecule has 1 aromatic rings. The first-order valence-corrected chi connectivity index (χ1v) is 6.39. The molecule has 1 rings (SSSR count). The van der Waals surface area contributed by atoms with E-state index < -0.39 is 10.0 Å². The summed E-state index contributed by atoms with van der Waals surface area (Å²) in [5, 5.41) is 0. The van der Waals surface area contributed by atoms with Gasteiger partial charge in [0, 0.05) is 0 Å². The van der Waals surface area contributed by atoms with Crippen molar-refractivity contribution < 1.29 is 8.42 Å². The lowest BCUT2D eigenvalue weighted by molar-refractivity contribution is 0.607. The van der Waals surface area contributed by atoms with Crippen molar-refractivity contribution in [2.24, 2.45) is 0 Å². The van der Waals surface area contributed by atoms with Gasteiger partial charge < -0.3 is 0 Å². The Morgan fingerprint density at radius 2 is 2.00 bits per heavy atom. The fourth-order valence-electron chi connectivity index (χ4n) is 1.26. The molecule has 0 unspecified atom stereocenters. The third-order valence-corrected chi connectivity index (χ3v) is 2.59. The van der Waals surface area contributed by atoms with E-state index in [0.29, 0.717) is 5.69 Å². The van der Waals surface area contributed by atoms with Gasteiger partial charge in [-0.3, -0.25) is 4.72 Å². The average molecular weight is 213 g/mol. The largest absolute Gasteiger partial charge is 0.284 e. The topological polar surface area (TPSA) is 46.2 Å². The van der Waals surface area contributed by atoms with Crippen LogP contribution in [0.1, 0.15) is 18.1 Å². The van der Waals surface area contributed by atoms with Crippen molar-refractivity contribution in [3.05, 3.63) is 29.3 Å². The van der Waals surface area contributed by atoms with Gasteiger partial charge in [0.15, 0.2) is 0 Å². The van der Waals surface area contributed by atoms with E-state index in [4.69, 9.17) is 0 Å². The van der Waals surface area contributed by atoms with Crippen molar-refractivity contribution in [2.45, 2.75) is 20.3 Å². The van der Waals surface area contributed by atoms with Crippen LogP contribution in [0.4, 0.5) is 5.69 Å². The van der Waals surface area contributed by atoms with E-state index in [2.05, 4.69) is 11.6 Å². The van der Waals surface area contributed by atoms with Crippen molar-refractivity contribution in [2.75, 3.05) is 11.0 Å². The predicted molar refractivity (Wildman–Crippen MR) is 59.0 cm³/mol. The molecule has 78 valence electrons. The Bertz CT molecular complexity index is 424. The Labute approximate surface area is 85.2 Å². The highest BCUT2D eigenvalue weighted by Gasteiger charge is 2.04. The van der Waals surface area contributed by atoms with Gasteiger partial charge in [-0.2, -0.15) is 0 Å². The number of nitrogens with one attached hydrogen (secondary N) is 1. The summed E-state index contributed by atoms with van der Waals surface area (Å²) in [6, 6.07) is 5.73. The molecule has 3 nitrogen and oxygen atoms in total. The molecule has 1 aromatic carbocycles. The molecular weight excluding hydrogens is 198 g/mol. The molecule has 0 spiro atoms. The average Bonchev–Trinajstić information content (AvgIpc) is 2.06. The molecule has 1 N–H and O–H groups in total. The molecular formula is C10H15NO2S. The molecule has 0 heterocycles. The number of hydrogen-bond acceptors (Lipinski definition) is 2. The molecule has 0 saturated heterocycles. The monoisotopic (exact) mass is 213 g/mol. The molecule has 0 saturated carbocycles. The molecule has 0 fully saturated rings. The van der Waals surface area contributed by atoms with E-state index >= 15 is 0 Å². The van der Waals surface area contributed by atoms with Crippen molar-refractivity contribution in [1.29, 1.82) is 0 Å². The van der Waals surface area contributed by atoms with Crippen molar-refractivity contribution in [3.8, 4) is 0 Å². The van der Waals surface area contributed by atoms with Gasteiger partial charge in [0.2, 0.25) is 10.0 Å². The lowest BCUT2D eigenvalue weighted by atomic mass is 10.1. The smallest absolute Gasteiger partial charge is 0.229 e. The van der Waals surface area contributed by atoms with Crippen molar-refractivity contribution in [3.63, 3.8) is 0 Å². The van der Waals surface area contributed by atoms with E-state index in [-0.39, 0.29) is 0 Å². The minimum Gasteiger partial charge on any atom is -0.284 e. The van der Waals surface area contributed by atoms with Crippen LogP contribution in [-0.4, -0.2) is 14.7 Å². The maximum Gasteiger partial charge on any atom is 0.229 e. The molecule has 4 heteroatoms. The van der Waals surface area contributed by atoms with Gasteiger partial charge in [-0.25, -0.2) is 8.42 Å². The van der Waals surface area contributed by atoms with E-state index in [1.807, 2.05) is 19.1 Å². The van der Waals surface area contributed by atoms with Crippen LogP contribution in [0.25, 0.3) is 0 Å². The fraction of sp³-hybridized carbons (Fsp3) is 0.400. The SMILES string of the molecule is CCc1ccc(NS(C)(=O)=O)c(C)c1. The highest BCUT2D eigenvalue weighted by Crippen LogP contribution is 2.17. The minimum absolute atomic E-state index is 0.657. The second kappa shape index (κ2) is 4.00. The number of hydrogen-bond donors (Lipinski definition) is 1. The summed E-state index contributed by atoms with van der Waals surface area (Å²) in [6.45, 7) is 3.96. The van der Waals surface area contributed by atoms with Gasteiger partial charge in [-0.1, -0.05) is 19.1 Å². The van der Waals surface area contributed by atoms with Gasteiger partial charge in [-0.15, -0.1) is 0 Å². The van der Waals surface area contributed by atoms with Gasteiger partial charge in [-0.05, 0) is 30.5 Å². The third-order valence-electron chi connectivity index (χ3n) is 1.99. The second-order valence-electron chi connectivity index (χ2n) is 3.38. The number of benzene rings is 1. The van der Waals surface area contributed by atoms with Crippen molar-refractivity contribution in [1.82, 2.24) is 0 Å². The standard InChI is InChI=1S/C10H15NO2S/c1-4-9-5-6-10(8(2)7-9)11-14(3,12)13/h5-7,11H,4H2,1-3H3. The molecule has 14 heavy (non-hydrogen) atoms. The van der Waals surface area contributed by atoms with Crippen molar-refractivity contribution >= 4 is 15.7 Å². The van der Waals surface area contributed by atoms with Crippen LogP contribution in [0.15, 0.2) is 18.2 Å².